The highest BCUT2D eigenvalue weighted by atomic mass is 32.2. The molecule has 1 aliphatic rings. The van der Waals surface area contributed by atoms with Crippen LogP contribution in [0.2, 0.25) is 0 Å². The second-order valence-electron chi connectivity index (χ2n) is 5.16. The normalized spacial score (nSPS) is 20.2. The molecule has 1 N–H and O–H groups in total. The van der Waals surface area contributed by atoms with Crippen LogP contribution in [-0.2, 0) is 24.2 Å². The molecular formula is C13H24N2O5S. The molecule has 1 aliphatic heterocycles. The van der Waals surface area contributed by atoms with Crippen LogP contribution < -0.4 is 5.32 Å². The van der Waals surface area contributed by atoms with Crippen LogP contribution in [0, 0.1) is 0 Å². The van der Waals surface area contributed by atoms with Crippen molar-refractivity contribution in [1.82, 2.24) is 10.2 Å². The van der Waals surface area contributed by atoms with Crippen molar-refractivity contribution < 1.29 is 22.7 Å². The van der Waals surface area contributed by atoms with E-state index in [-0.39, 0.29) is 24.7 Å². The fourth-order valence-electron chi connectivity index (χ4n) is 2.25. The highest BCUT2D eigenvalue weighted by Crippen LogP contribution is 2.18. The van der Waals surface area contributed by atoms with E-state index >= 15 is 0 Å². The van der Waals surface area contributed by atoms with E-state index in [1.54, 1.807) is 0 Å². The highest BCUT2D eigenvalue weighted by molar-refractivity contribution is 7.91. The number of carbonyl (C=O) groups is 2. The number of hydrogen-bond acceptors (Lipinski definition) is 5. The molecule has 0 radical (unpaired) electrons. The van der Waals surface area contributed by atoms with Crippen LogP contribution in [0.25, 0.3) is 0 Å². The van der Waals surface area contributed by atoms with Crippen LogP contribution in [0.4, 0.5) is 0 Å². The van der Waals surface area contributed by atoms with Gasteiger partial charge in [-0.05, 0) is 12.8 Å². The van der Waals surface area contributed by atoms with Gasteiger partial charge < -0.3 is 15.0 Å². The Bertz CT molecular complexity index is 463. The van der Waals surface area contributed by atoms with Gasteiger partial charge in [0.1, 0.15) is 0 Å². The van der Waals surface area contributed by atoms with Crippen molar-refractivity contribution in [2.45, 2.75) is 32.2 Å². The number of nitrogens with one attached hydrogen (secondary N) is 1. The summed E-state index contributed by atoms with van der Waals surface area (Å²) < 4.78 is 28.0. The van der Waals surface area contributed by atoms with E-state index in [0.717, 1.165) is 12.8 Å². The van der Waals surface area contributed by atoms with Crippen LogP contribution in [0.1, 0.15) is 26.2 Å². The number of unbranched alkanes of at least 4 members (excludes halogenated alkanes) is 1. The summed E-state index contributed by atoms with van der Waals surface area (Å²) in [7, 11) is -1.62. The van der Waals surface area contributed by atoms with Gasteiger partial charge >= 0.3 is 11.8 Å². The molecule has 21 heavy (non-hydrogen) atoms. The summed E-state index contributed by atoms with van der Waals surface area (Å²) in [6.45, 7) is 2.92. The summed E-state index contributed by atoms with van der Waals surface area (Å²) in [4.78, 5) is 25.4. The molecule has 8 heteroatoms. The first kappa shape index (κ1) is 17.9. The van der Waals surface area contributed by atoms with E-state index in [1.165, 1.54) is 12.0 Å². The summed E-state index contributed by atoms with van der Waals surface area (Å²) >= 11 is 0. The number of ether oxygens (including phenoxy) is 1. The lowest BCUT2D eigenvalue weighted by molar-refractivity contribution is -0.147. The molecule has 0 aromatic carbocycles. The van der Waals surface area contributed by atoms with Gasteiger partial charge in [0.15, 0.2) is 9.84 Å². The van der Waals surface area contributed by atoms with Crippen molar-refractivity contribution in [3.8, 4) is 0 Å². The first-order valence-corrected chi connectivity index (χ1v) is 9.01. The third-order valence-electron chi connectivity index (χ3n) is 3.46. The van der Waals surface area contributed by atoms with Crippen molar-refractivity contribution in [2.75, 3.05) is 38.3 Å². The molecule has 0 saturated carbocycles. The SMILES string of the molecule is CCCCNC(=O)C(=O)N(CCOC)C1CCS(=O)(=O)C1. The Balaban J connectivity index is 2.68. The van der Waals surface area contributed by atoms with Gasteiger partial charge in [0, 0.05) is 26.2 Å². The van der Waals surface area contributed by atoms with E-state index in [9.17, 15) is 18.0 Å². The smallest absolute Gasteiger partial charge is 0.312 e. The molecule has 122 valence electrons. The van der Waals surface area contributed by atoms with Gasteiger partial charge in [-0.3, -0.25) is 9.59 Å². The Morgan fingerprint density at radius 2 is 2.10 bits per heavy atom. The molecule has 1 atom stereocenters. The molecular weight excluding hydrogens is 296 g/mol. The topological polar surface area (TPSA) is 92.8 Å². The molecule has 0 aromatic rings. The average Bonchev–Trinajstić information content (AvgIpc) is 2.79. The number of nitrogens with zero attached hydrogens (tertiary/aromatic N) is 1. The maximum Gasteiger partial charge on any atom is 0.312 e. The van der Waals surface area contributed by atoms with Crippen LogP contribution in [0.15, 0.2) is 0 Å². The van der Waals surface area contributed by atoms with Crippen LogP contribution in [0.5, 0.6) is 0 Å². The van der Waals surface area contributed by atoms with Gasteiger partial charge in [0.05, 0.1) is 18.1 Å². The van der Waals surface area contributed by atoms with E-state index in [1.807, 2.05) is 6.92 Å². The summed E-state index contributed by atoms with van der Waals surface area (Å²) in [5, 5.41) is 2.56. The Labute approximate surface area is 125 Å². The predicted molar refractivity (Wildman–Crippen MR) is 78.6 cm³/mol. The lowest BCUT2D eigenvalue weighted by Gasteiger charge is -2.27. The van der Waals surface area contributed by atoms with Crippen LogP contribution in [0.3, 0.4) is 0 Å². The summed E-state index contributed by atoms with van der Waals surface area (Å²) in [5.74, 6) is -1.37. The number of hydrogen-bond donors (Lipinski definition) is 1. The molecule has 1 rings (SSSR count). The summed E-state index contributed by atoms with van der Waals surface area (Å²) in [6.07, 6.45) is 2.09. The fraction of sp³-hybridized carbons (Fsp3) is 0.846. The van der Waals surface area contributed by atoms with Crippen molar-refractivity contribution in [2.24, 2.45) is 0 Å². The monoisotopic (exact) mass is 320 g/mol. The van der Waals surface area contributed by atoms with E-state index in [0.29, 0.717) is 13.0 Å². The minimum absolute atomic E-state index is 0.0614. The van der Waals surface area contributed by atoms with Crippen LogP contribution in [-0.4, -0.2) is 69.5 Å². The number of methoxy groups -OCH3 is 1. The Kier molecular flexibility index (Phi) is 7.10. The first-order valence-electron chi connectivity index (χ1n) is 7.19. The number of carbonyl (C=O) groups excluding carboxylic acids is 2. The van der Waals surface area contributed by atoms with Crippen molar-refractivity contribution >= 4 is 21.7 Å². The second-order valence-corrected chi connectivity index (χ2v) is 7.39. The van der Waals surface area contributed by atoms with Gasteiger partial charge in [-0.25, -0.2) is 8.42 Å². The summed E-state index contributed by atoms with van der Waals surface area (Å²) in [5.41, 5.74) is 0. The van der Waals surface area contributed by atoms with Gasteiger partial charge in [-0.15, -0.1) is 0 Å². The Morgan fingerprint density at radius 1 is 1.38 bits per heavy atom. The standard InChI is InChI=1S/C13H24N2O5S/c1-3-4-6-14-12(16)13(17)15(7-8-20-2)11-5-9-21(18,19)10-11/h11H,3-10H2,1-2H3,(H,14,16). The Morgan fingerprint density at radius 3 is 2.62 bits per heavy atom. The van der Waals surface area contributed by atoms with E-state index in [4.69, 9.17) is 4.74 Å². The number of amides is 2. The number of rotatable bonds is 7. The Hall–Kier alpha value is -1.15. The number of sulfone groups is 1. The molecule has 7 nitrogen and oxygen atoms in total. The molecule has 1 heterocycles. The minimum atomic E-state index is -3.11. The third kappa shape index (κ3) is 5.62. The maximum absolute atomic E-state index is 12.2. The van der Waals surface area contributed by atoms with Crippen molar-refractivity contribution in [3.63, 3.8) is 0 Å². The van der Waals surface area contributed by atoms with E-state index < -0.39 is 27.7 Å². The molecule has 1 saturated heterocycles. The van der Waals surface area contributed by atoms with Crippen LogP contribution >= 0.6 is 0 Å². The van der Waals surface area contributed by atoms with Crippen molar-refractivity contribution in [3.05, 3.63) is 0 Å². The first-order chi connectivity index (χ1) is 9.91. The fourth-order valence-corrected chi connectivity index (χ4v) is 3.98. The molecule has 1 fully saturated rings. The zero-order valence-corrected chi connectivity index (χ0v) is 13.4. The second kappa shape index (κ2) is 8.33. The van der Waals surface area contributed by atoms with Gasteiger partial charge in [0.2, 0.25) is 0 Å². The average molecular weight is 320 g/mol. The van der Waals surface area contributed by atoms with Crippen molar-refractivity contribution in [1.29, 1.82) is 0 Å². The van der Waals surface area contributed by atoms with Gasteiger partial charge in [0.25, 0.3) is 0 Å². The zero-order chi connectivity index (χ0) is 15.9. The summed E-state index contributed by atoms with van der Waals surface area (Å²) in [6, 6.07) is -0.436. The highest BCUT2D eigenvalue weighted by Gasteiger charge is 2.36. The lowest BCUT2D eigenvalue weighted by Crippen LogP contribution is -2.49. The van der Waals surface area contributed by atoms with Gasteiger partial charge in [-0.2, -0.15) is 0 Å². The molecule has 0 bridgehead atoms. The molecule has 0 aromatic heterocycles. The third-order valence-corrected chi connectivity index (χ3v) is 5.21. The largest absolute Gasteiger partial charge is 0.383 e. The molecule has 0 aliphatic carbocycles. The zero-order valence-electron chi connectivity index (χ0n) is 12.6. The minimum Gasteiger partial charge on any atom is -0.383 e. The molecule has 2 amide bonds. The van der Waals surface area contributed by atoms with Gasteiger partial charge in [-0.1, -0.05) is 13.3 Å². The molecule has 0 spiro atoms. The quantitative estimate of drug-likeness (QED) is 0.507. The maximum atomic E-state index is 12.2. The van der Waals surface area contributed by atoms with E-state index in [2.05, 4.69) is 5.32 Å². The lowest BCUT2D eigenvalue weighted by atomic mass is 10.2. The molecule has 1 unspecified atom stereocenters. The predicted octanol–water partition coefficient (Wildman–Crippen LogP) is -0.435.